The molecule has 7 nitrogen and oxygen atoms in total. The average Bonchev–Trinajstić information content (AvgIpc) is 3.10. The molecule has 0 unspecified atom stereocenters. The molecule has 1 fully saturated rings. The molecule has 2 aromatic carbocycles. The molecule has 0 N–H and O–H groups in total. The number of rotatable bonds is 8. The maximum absolute atomic E-state index is 13.0. The molecule has 4 rings (SSSR count). The number of aliphatic imine (C=N–C) groups is 1. The van der Waals surface area contributed by atoms with E-state index >= 15 is 0 Å². The predicted molar refractivity (Wildman–Crippen MR) is 127 cm³/mol. The van der Waals surface area contributed by atoms with Gasteiger partial charge in [0.25, 0.3) is 0 Å². The fourth-order valence-electron chi connectivity index (χ4n) is 3.76. The van der Waals surface area contributed by atoms with E-state index in [-0.39, 0.29) is 17.8 Å². The van der Waals surface area contributed by atoms with Gasteiger partial charge >= 0.3 is 5.97 Å². The van der Waals surface area contributed by atoms with Crippen LogP contribution in [-0.4, -0.2) is 47.5 Å². The fourth-order valence-corrected chi connectivity index (χ4v) is 4.79. The molecule has 0 bridgehead atoms. The summed E-state index contributed by atoms with van der Waals surface area (Å²) in [6, 6.07) is 16.8. The number of ether oxygens (including phenoxy) is 3. The molecule has 33 heavy (non-hydrogen) atoms. The first-order valence-corrected chi connectivity index (χ1v) is 11.6. The number of carbonyl (C=O) groups excluding carboxylic acids is 2. The summed E-state index contributed by atoms with van der Waals surface area (Å²) in [7, 11) is 1.54. The standard InChI is InChI=1S/C25H26N2O5S/c1-16-21(24(29)31-14-13-30-3)22(27-23(28)17(2)33-25(27)26-16)19-9-11-20(12-10-19)32-15-18-7-5-4-6-8-18/h4-12,17,22H,13-15H2,1-3H3/t17-,22+/m0/s1. The summed E-state index contributed by atoms with van der Waals surface area (Å²) in [6.45, 7) is 4.49. The van der Waals surface area contributed by atoms with Gasteiger partial charge in [0.15, 0.2) is 5.17 Å². The zero-order valence-electron chi connectivity index (χ0n) is 18.8. The first-order chi connectivity index (χ1) is 16.0. The highest BCUT2D eigenvalue weighted by Gasteiger charge is 2.46. The van der Waals surface area contributed by atoms with E-state index < -0.39 is 12.0 Å². The predicted octanol–water partition coefficient (Wildman–Crippen LogP) is 4.10. The van der Waals surface area contributed by atoms with E-state index in [9.17, 15) is 9.59 Å². The van der Waals surface area contributed by atoms with Crippen LogP contribution in [-0.2, 0) is 25.7 Å². The monoisotopic (exact) mass is 466 g/mol. The summed E-state index contributed by atoms with van der Waals surface area (Å²) < 4.78 is 16.3. The molecule has 2 atom stereocenters. The van der Waals surface area contributed by atoms with Gasteiger partial charge in [-0.2, -0.15) is 0 Å². The molecule has 0 aliphatic carbocycles. The van der Waals surface area contributed by atoms with E-state index in [0.29, 0.717) is 35.4 Å². The van der Waals surface area contributed by atoms with E-state index in [2.05, 4.69) is 4.99 Å². The molecule has 2 heterocycles. The Morgan fingerprint density at radius 2 is 1.82 bits per heavy atom. The number of allylic oxidation sites excluding steroid dienone is 1. The topological polar surface area (TPSA) is 77.4 Å². The van der Waals surface area contributed by atoms with Gasteiger partial charge in [0, 0.05) is 7.11 Å². The van der Waals surface area contributed by atoms with Crippen LogP contribution in [0.5, 0.6) is 5.75 Å². The summed E-state index contributed by atoms with van der Waals surface area (Å²) in [5, 5.41) is 0.337. The summed E-state index contributed by atoms with van der Waals surface area (Å²) in [4.78, 5) is 32.1. The molecule has 2 aliphatic rings. The molecule has 1 amide bonds. The van der Waals surface area contributed by atoms with Gasteiger partial charge in [-0.1, -0.05) is 54.2 Å². The third-order valence-electron chi connectivity index (χ3n) is 5.44. The number of thioether (sulfide) groups is 1. The second-order valence-electron chi connectivity index (χ2n) is 7.74. The number of carbonyl (C=O) groups is 2. The van der Waals surface area contributed by atoms with Crippen LogP contribution in [0.1, 0.15) is 31.0 Å². The Labute approximate surface area is 197 Å². The first kappa shape index (κ1) is 23.1. The Bertz CT molecular complexity index is 1080. The molecule has 0 aromatic heterocycles. The van der Waals surface area contributed by atoms with Gasteiger partial charge in [-0.15, -0.1) is 0 Å². The van der Waals surface area contributed by atoms with Crippen LogP contribution in [0.4, 0.5) is 0 Å². The van der Waals surface area contributed by atoms with Crippen molar-refractivity contribution in [3.05, 3.63) is 77.0 Å². The zero-order chi connectivity index (χ0) is 23.4. The minimum absolute atomic E-state index is 0.0807. The van der Waals surface area contributed by atoms with E-state index in [0.717, 1.165) is 11.1 Å². The van der Waals surface area contributed by atoms with Crippen molar-refractivity contribution in [2.45, 2.75) is 31.7 Å². The molecule has 2 aliphatic heterocycles. The quantitative estimate of drug-likeness (QED) is 0.431. The third-order valence-corrected chi connectivity index (χ3v) is 6.50. The molecule has 0 spiro atoms. The minimum atomic E-state index is -0.610. The molecule has 0 saturated carbocycles. The van der Waals surface area contributed by atoms with Crippen molar-refractivity contribution in [3.63, 3.8) is 0 Å². The van der Waals surface area contributed by atoms with E-state index in [1.807, 2.05) is 61.5 Å². The Morgan fingerprint density at radius 1 is 1.09 bits per heavy atom. The van der Waals surface area contributed by atoms with Crippen molar-refractivity contribution in [2.75, 3.05) is 20.3 Å². The average molecular weight is 467 g/mol. The van der Waals surface area contributed by atoms with Crippen molar-refractivity contribution in [2.24, 2.45) is 4.99 Å². The summed E-state index contributed by atoms with van der Waals surface area (Å²) in [5.74, 6) is 0.120. The fraction of sp³-hybridized carbons (Fsp3) is 0.320. The van der Waals surface area contributed by atoms with Crippen LogP contribution in [0, 0.1) is 0 Å². The van der Waals surface area contributed by atoms with Gasteiger partial charge in [-0.25, -0.2) is 9.79 Å². The molecule has 2 aromatic rings. The molecular formula is C25H26N2O5S. The number of nitrogens with zero attached hydrogens (tertiary/aromatic N) is 2. The maximum atomic E-state index is 13.0. The van der Waals surface area contributed by atoms with E-state index in [1.54, 1.807) is 18.9 Å². The number of fused-ring (bicyclic) bond motifs is 1. The van der Waals surface area contributed by atoms with Gasteiger partial charge in [-0.05, 0) is 37.1 Å². The number of hydrogen-bond acceptors (Lipinski definition) is 7. The lowest BCUT2D eigenvalue weighted by molar-refractivity contribution is -0.141. The van der Waals surface area contributed by atoms with Crippen LogP contribution < -0.4 is 4.74 Å². The van der Waals surface area contributed by atoms with Gasteiger partial charge in [0.05, 0.1) is 29.2 Å². The highest BCUT2D eigenvalue weighted by molar-refractivity contribution is 8.15. The van der Waals surface area contributed by atoms with Crippen LogP contribution in [0.2, 0.25) is 0 Å². The molecular weight excluding hydrogens is 440 g/mol. The number of esters is 1. The lowest BCUT2D eigenvalue weighted by Gasteiger charge is -2.33. The second kappa shape index (κ2) is 10.2. The Balaban J connectivity index is 1.61. The number of hydrogen-bond donors (Lipinski definition) is 0. The zero-order valence-corrected chi connectivity index (χ0v) is 19.6. The van der Waals surface area contributed by atoms with Gasteiger partial charge in [-0.3, -0.25) is 9.69 Å². The smallest absolute Gasteiger partial charge is 0.338 e. The maximum Gasteiger partial charge on any atom is 0.338 e. The number of amides is 1. The minimum Gasteiger partial charge on any atom is -0.489 e. The van der Waals surface area contributed by atoms with Crippen molar-refractivity contribution in [1.82, 2.24) is 4.90 Å². The normalized spacial score (nSPS) is 19.9. The summed E-state index contributed by atoms with van der Waals surface area (Å²) in [6.07, 6.45) is 0. The number of benzene rings is 2. The van der Waals surface area contributed by atoms with Crippen LogP contribution in [0.3, 0.4) is 0 Å². The Kier molecular flexibility index (Phi) is 7.15. The van der Waals surface area contributed by atoms with E-state index in [4.69, 9.17) is 14.2 Å². The molecule has 8 heteroatoms. The van der Waals surface area contributed by atoms with Crippen molar-refractivity contribution >= 4 is 28.8 Å². The summed E-state index contributed by atoms with van der Waals surface area (Å²) >= 11 is 1.40. The van der Waals surface area contributed by atoms with Crippen LogP contribution in [0.25, 0.3) is 0 Å². The van der Waals surface area contributed by atoms with Gasteiger partial charge in [0.2, 0.25) is 5.91 Å². The lowest BCUT2D eigenvalue weighted by Crippen LogP contribution is -2.40. The van der Waals surface area contributed by atoms with Gasteiger partial charge in [0.1, 0.15) is 19.0 Å². The van der Waals surface area contributed by atoms with Crippen molar-refractivity contribution in [3.8, 4) is 5.75 Å². The Morgan fingerprint density at radius 3 is 2.52 bits per heavy atom. The van der Waals surface area contributed by atoms with Crippen LogP contribution in [0.15, 0.2) is 70.9 Å². The lowest BCUT2D eigenvalue weighted by atomic mass is 9.94. The Hall–Kier alpha value is -3.10. The third kappa shape index (κ3) is 4.96. The summed E-state index contributed by atoms with van der Waals surface area (Å²) in [5.41, 5.74) is 2.77. The van der Waals surface area contributed by atoms with Crippen molar-refractivity contribution < 1.29 is 23.8 Å². The first-order valence-electron chi connectivity index (χ1n) is 10.7. The highest BCUT2D eigenvalue weighted by atomic mass is 32.2. The van der Waals surface area contributed by atoms with Crippen LogP contribution >= 0.6 is 11.8 Å². The largest absolute Gasteiger partial charge is 0.489 e. The molecule has 1 saturated heterocycles. The number of amidine groups is 1. The highest BCUT2D eigenvalue weighted by Crippen LogP contribution is 2.43. The number of methoxy groups -OCH3 is 1. The molecule has 172 valence electrons. The molecule has 0 radical (unpaired) electrons. The van der Waals surface area contributed by atoms with E-state index in [1.165, 1.54) is 11.8 Å². The second-order valence-corrected chi connectivity index (χ2v) is 9.04. The SMILES string of the molecule is COCCOC(=O)C1=C(C)N=C2S[C@@H](C)C(=O)N2[C@@H]1c1ccc(OCc2ccccc2)cc1. The van der Waals surface area contributed by atoms with Gasteiger partial charge < -0.3 is 14.2 Å². The van der Waals surface area contributed by atoms with Crippen molar-refractivity contribution in [1.29, 1.82) is 0 Å².